The predicted molar refractivity (Wildman–Crippen MR) is 54.1 cm³/mol. The maximum Gasteiger partial charge on any atom is 0.144 e. The number of hydrogen-bond donors (Lipinski definition) is 1. The first-order valence-electron chi connectivity index (χ1n) is 3.95. The monoisotopic (exact) mass is 199 g/mol. The summed E-state index contributed by atoms with van der Waals surface area (Å²) < 4.78 is 15.0. The molecule has 0 aliphatic rings. The van der Waals surface area contributed by atoms with Crippen molar-refractivity contribution in [3.05, 3.63) is 18.2 Å². The molecule has 13 heavy (non-hydrogen) atoms. The fourth-order valence-electron chi connectivity index (χ4n) is 0.602. The highest BCUT2D eigenvalue weighted by atomic mass is 32.2. The molecule has 0 aliphatic carbocycles. The van der Waals surface area contributed by atoms with Crippen LogP contribution in [0.5, 0.6) is 0 Å². The molecule has 0 fully saturated rings. The van der Waals surface area contributed by atoms with E-state index >= 15 is 0 Å². The van der Waals surface area contributed by atoms with Crippen molar-refractivity contribution in [1.82, 2.24) is 9.97 Å². The molecule has 5 heteroatoms. The summed E-state index contributed by atoms with van der Waals surface area (Å²) in [4.78, 5) is 6.72. The summed E-state index contributed by atoms with van der Waals surface area (Å²) in [7, 11) is 0. The van der Waals surface area contributed by atoms with E-state index in [0.717, 1.165) is 0 Å². The highest BCUT2D eigenvalue weighted by Crippen LogP contribution is 2.16. The van der Waals surface area contributed by atoms with Crippen LogP contribution in [0.25, 0.3) is 0 Å². The molecule has 1 rings (SSSR count). The summed E-state index contributed by atoms with van der Waals surface area (Å²) in [5, 5.41) is 0. The predicted octanol–water partition coefficient (Wildman–Crippen LogP) is 1.29. The van der Waals surface area contributed by atoms with E-state index in [-0.39, 0.29) is 4.75 Å². The van der Waals surface area contributed by atoms with E-state index in [1.165, 1.54) is 6.21 Å². The SMILES string of the molecule is CC(C)(C)[S+]([O-])N=Cc1c[nH]cn1. The average molecular weight is 199 g/mol. The molecule has 0 aliphatic heterocycles. The van der Waals surface area contributed by atoms with E-state index in [4.69, 9.17) is 0 Å². The third-order valence-corrected chi connectivity index (χ3v) is 2.67. The second kappa shape index (κ2) is 3.93. The van der Waals surface area contributed by atoms with Gasteiger partial charge in [0.2, 0.25) is 0 Å². The van der Waals surface area contributed by atoms with Crippen molar-refractivity contribution in [3.8, 4) is 0 Å². The van der Waals surface area contributed by atoms with Gasteiger partial charge < -0.3 is 9.54 Å². The molecule has 1 unspecified atom stereocenters. The Bertz CT molecular complexity index is 276. The van der Waals surface area contributed by atoms with Crippen molar-refractivity contribution in [3.63, 3.8) is 0 Å². The zero-order chi connectivity index (χ0) is 9.90. The van der Waals surface area contributed by atoms with Gasteiger partial charge in [0.25, 0.3) is 0 Å². The fraction of sp³-hybridized carbons (Fsp3) is 0.500. The molecule has 0 saturated heterocycles. The van der Waals surface area contributed by atoms with Crippen LogP contribution in [0.3, 0.4) is 0 Å². The van der Waals surface area contributed by atoms with E-state index in [2.05, 4.69) is 14.4 Å². The second-order valence-electron chi connectivity index (χ2n) is 3.59. The van der Waals surface area contributed by atoms with E-state index in [1.54, 1.807) is 12.5 Å². The summed E-state index contributed by atoms with van der Waals surface area (Å²) in [6.45, 7) is 5.64. The number of aromatic amines is 1. The Labute approximate surface area is 80.8 Å². The third kappa shape index (κ3) is 3.20. The van der Waals surface area contributed by atoms with E-state index < -0.39 is 11.4 Å². The Morgan fingerprint density at radius 2 is 2.31 bits per heavy atom. The largest absolute Gasteiger partial charge is 0.591 e. The molecule has 72 valence electrons. The number of nitrogens with one attached hydrogen (secondary N) is 1. The highest BCUT2D eigenvalue weighted by molar-refractivity contribution is 7.91. The van der Waals surface area contributed by atoms with Crippen molar-refractivity contribution < 1.29 is 4.55 Å². The Morgan fingerprint density at radius 1 is 1.62 bits per heavy atom. The zero-order valence-corrected chi connectivity index (χ0v) is 8.76. The van der Waals surface area contributed by atoms with Crippen molar-refractivity contribution in [2.75, 3.05) is 0 Å². The van der Waals surface area contributed by atoms with Crippen molar-refractivity contribution >= 4 is 17.6 Å². The van der Waals surface area contributed by atoms with Gasteiger partial charge in [-0.25, -0.2) is 4.98 Å². The first kappa shape index (κ1) is 10.3. The molecule has 1 heterocycles. The van der Waals surface area contributed by atoms with Gasteiger partial charge in [-0.3, -0.25) is 0 Å². The first-order valence-corrected chi connectivity index (χ1v) is 5.05. The lowest BCUT2D eigenvalue weighted by Crippen LogP contribution is -2.25. The van der Waals surface area contributed by atoms with Gasteiger partial charge in [0, 0.05) is 6.20 Å². The van der Waals surface area contributed by atoms with Gasteiger partial charge >= 0.3 is 0 Å². The minimum atomic E-state index is -1.21. The summed E-state index contributed by atoms with van der Waals surface area (Å²) in [5.74, 6) is 0. The quantitative estimate of drug-likeness (QED) is 0.576. The number of nitrogens with zero attached hydrogens (tertiary/aromatic N) is 2. The molecule has 0 radical (unpaired) electrons. The van der Waals surface area contributed by atoms with Crippen LogP contribution in [0.1, 0.15) is 26.5 Å². The van der Waals surface area contributed by atoms with E-state index in [9.17, 15) is 4.55 Å². The summed E-state index contributed by atoms with van der Waals surface area (Å²) in [6, 6.07) is 0. The lowest BCUT2D eigenvalue weighted by Gasteiger charge is -2.17. The summed E-state index contributed by atoms with van der Waals surface area (Å²) in [5.41, 5.74) is 0.692. The van der Waals surface area contributed by atoms with Gasteiger partial charge in [0.05, 0.1) is 6.33 Å². The smallest absolute Gasteiger partial charge is 0.144 e. The number of imidazole rings is 1. The molecule has 1 aromatic rings. The highest BCUT2D eigenvalue weighted by Gasteiger charge is 2.25. The van der Waals surface area contributed by atoms with Gasteiger partial charge in [-0.2, -0.15) is 0 Å². The van der Waals surface area contributed by atoms with Crippen molar-refractivity contribution in [1.29, 1.82) is 0 Å². The number of aromatic nitrogens is 2. The molecule has 1 atom stereocenters. The average Bonchev–Trinajstić information content (AvgIpc) is 2.50. The van der Waals surface area contributed by atoms with Crippen LogP contribution < -0.4 is 0 Å². The lowest BCUT2D eigenvalue weighted by molar-refractivity contribution is 0.562. The topological polar surface area (TPSA) is 64.1 Å². The van der Waals surface area contributed by atoms with Gasteiger partial charge in [0.1, 0.15) is 28.0 Å². The Hall–Kier alpha value is -0.810. The van der Waals surface area contributed by atoms with Crippen molar-refractivity contribution in [2.45, 2.75) is 25.5 Å². The lowest BCUT2D eigenvalue weighted by atomic mass is 10.3. The molecule has 0 spiro atoms. The maximum absolute atomic E-state index is 11.4. The maximum atomic E-state index is 11.4. The zero-order valence-electron chi connectivity index (χ0n) is 7.94. The van der Waals surface area contributed by atoms with Crippen LogP contribution in [0, 0.1) is 0 Å². The number of hydrogen-bond acceptors (Lipinski definition) is 3. The molecule has 0 amide bonds. The van der Waals surface area contributed by atoms with Crippen LogP contribution in [0.2, 0.25) is 0 Å². The van der Waals surface area contributed by atoms with Crippen LogP contribution >= 0.6 is 0 Å². The molecule has 0 saturated carbocycles. The van der Waals surface area contributed by atoms with Gasteiger partial charge in [0.15, 0.2) is 0 Å². The van der Waals surface area contributed by atoms with Gasteiger partial charge in [-0.05, 0) is 20.8 Å². The molecule has 0 aromatic carbocycles. The number of H-pyrrole nitrogens is 1. The first-order chi connectivity index (χ1) is 6.00. The second-order valence-corrected chi connectivity index (χ2v) is 5.52. The van der Waals surface area contributed by atoms with Crippen LogP contribution in [0.4, 0.5) is 0 Å². The third-order valence-electron chi connectivity index (χ3n) is 1.32. The minimum Gasteiger partial charge on any atom is -0.591 e. The Kier molecular flexibility index (Phi) is 3.11. The van der Waals surface area contributed by atoms with Gasteiger partial charge in [-0.15, -0.1) is 0 Å². The standard InChI is InChI=1S/C8H13N3OS/c1-8(2,3)13(12)11-5-7-4-9-6-10-7/h4-6H,1-3H3,(H,9,10). The Balaban J connectivity index is 2.59. The molecular formula is C8H13N3OS. The van der Waals surface area contributed by atoms with E-state index in [0.29, 0.717) is 5.69 Å². The molecule has 1 N–H and O–H groups in total. The minimum absolute atomic E-state index is 0.313. The molecule has 0 bridgehead atoms. The normalized spacial score (nSPS) is 15.1. The fourth-order valence-corrected chi connectivity index (χ4v) is 1.12. The summed E-state index contributed by atoms with van der Waals surface area (Å²) >= 11 is -1.21. The summed E-state index contributed by atoms with van der Waals surface area (Å²) in [6.07, 6.45) is 4.77. The van der Waals surface area contributed by atoms with E-state index in [1.807, 2.05) is 20.8 Å². The number of rotatable bonds is 2. The molecular weight excluding hydrogens is 186 g/mol. The van der Waals surface area contributed by atoms with Crippen LogP contribution in [-0.2, 0) is 11.4 Å². The van der Waals surface area contributed by atoms with Crippen molar-refractivity contribution in [2.24, 2.45) is 4.40 Å². The van der Waals surface area contributed by atoms with Crippen LogP contribution in [-0.4, -0.2) is 25.5 Å². The van der Waals surface area contributed by atoms with Crippen LogP contribution in [0.15, 0.2) is 16.9 Å². The van der Waals surface area contributed by atoms with Gasteiger partial charge in [-0.1, -0.05) is 4.40 Å². The Morgan fingerprint density at radius 3 is 2.77 bits per heavy atom. The molecule has 4 nitrogen and oxygen atoms in total. The molecule has 1 aromatic heterocycles.